The molecule has 0 atom stereocenters. The molecule has 1 aromatic carbocycles. The van der Waals surface area contributed by atoms with Crippen LogP contribution in [0.15, 0.2) is 16.6 Å². The second-order valence-corrected chi connectivity index (χ2v) is 5.32. The third kappa shape index (κ3) is 3.48. The van der Waals surface area contributed by atoms with E-state index in [9.17, 15) is 4.79 Å². The number of carbonyl (C=O) groups excluding carboxylic acids is 1. The van der Waals surface area contributed by atoms with Crippen LogP contribution < -0.4 is 9.47 Å². The highest BCUT2D eigenvalue weighted by molar-refractivity contribution is 9.10. The summed E-state index contributed by atoms with van der Waals surface area (Å²) in [6.07, 6.45) is 4.55. The number of hydrogen-bond donors (Lipinski definition) is 0. The smallest absolute Gasteiger partial charge is 0.175 e. The van der Waals surface area contributed by atoms with E-state index >= 15 is 0 Å². The van der Waals surface area contributed by atoms with Crippen molar-refractivity contribution in [3.05, 3.63) is 22.2 Å². The Morgan fingerprint density at radius 3 is 2.78 bits per heavy atom. The van der Waals surface area contributed by atoms with Gasteiger partial charge in [-0.25, -0.2) is 0 Å². The van der Waals surface area contributed by atoms with Crippen molar-refractivity contribution in [2.24, 2.45) is 5.92 Å². The minimum absolute atomic E-state index is 0.549. The molecule has 1 saturated carbocycles. The van der Waals surface area contributed by atoms with E-state index in [0.29, 0.717) is 30.3 Å². The van der Waals surface area contributed by atoms with Crippen LogP contribution in [0.2, 0.25) is 0 Å². The monoisotopic (exact) mass is 312 g/mol. The molecule has 0 radical (unpaired) electrons. The molecule has 1 aromatic rings. The summed E-state index contributed by atoms with van der Waals surface area (Å²) in [4.78, 5) is 10.8. The van der Waals surface area contributed by atoms with Crippen molar-refractivity contribution < 1.29 is 14.3 Å². The van der Waals surface area contributed by atoms with Gasteiger partial charge in [0.2, 0.25) is 0 Å². The van der Waals surface area contributed by atoms with Gasteiger partial charge >= 0.3 is 0 Å². The summed E-state index contributed by atoms with van der Waals surface area (Å²) in [5.74, 6) is 2.17. The van der Waals surface area contributed by atoms with Crippen LogP contribution in [-0.4, -0.2) is 19.5 Å². The first-order valence-electron chi connectivity index (χ1n) is 6.29. The van der Waals surface area contributed by atoms with Crippen LogP contribution in [-0.2, 0) is 0 Å². The van der Waals surface area contributed by atoms with E-state index in [0.717, 1.165) is 23.1 Å². The summed E-state index contributed by atoms with van der Waals surface area (Å²) in [5, 5.41) is 0. The fourth-order valence-electron chi connectivity index (χ4n) is 1.79. The van der Waals surface area contributed by atoms with Crippen molar-refractivity contribution in [1.29, 1.82) is 0 Å². The molecule has 0 aromatic heterocycles. The van der Waals surface area contributed by atoms with Gasteiger partial charge in [0.05, 0.1) is 17.7 Å². The average Bonchev–Trinajstić information content (AvgIpc) is 3.16. The number of hydrogen-bond acceptors (Lipinski definition) is 3. The molecule has 18 heavy (non-hydrogen) atoms. The highest BCUT2D eigenvalue weighted by Crippen LogP contribution is 2.38. The zero-order valence-corrected chi connectivity index (χ0v) is 12.0. The molecule has 98 valence electrons. The highest BCUT2D eigenvalue weighted by atomic mass is 79.9. The molecular formula is C14H17BrO3. The molecule has 4 heteroatoms. The fraction of sp³-hybridized carbons (Fsp3) is 0.500. The van der Waals surface area contributed by atoms with Crippen LogP contribution in [0.1, 0.15) is 36.5 Å². The highest BCUT2D eigenvalue weighted by Gasteiger charge is 2.21. The lowest BCUT2D eigenvalue weighted by Gasteiger charge is -2.14. The zero-order valence-electron chi connectivity index (χ0n) is 10.4. The van der Waals surface area contributed by atoms with E-state index in [1.54, 1.807) is 12.1 Å². The molecular weight excluding hydrogens is 296 g/mol. The van der Waals surface area contributed by atoms with Crippen molar-refractivity contribution >= 4 is 22.2 Å². The van der Waals surface area contributed by atoms with Gasteiger partial charge in [-0.15, -0.1) is 0 Å². The maximum absolute atomic E-state index is 10.8. The van der Waals surface area contributed by atoms with Crippen molar-refractivity contribution in [2.75, 3.05) is 13.2 Å². The van der Waals surface area contributed by atoms with Crippen molar-refractivity contribution in [1.82, 2.24) is 0 Å². The first-order valence-corrected chi connectivity index (χ1v) is 7.08. The van der Waals surface area contributed by atoms with E-state index in [2.05, 4.69) is 15.9 Å². The molecule has 0 amide bonds. The molecule has 0 aliphatic heterocycles. The lowest BCUT2D eigenvalue weighted by Crippen LogP contribution is -2.03. The van der Waals surface area contributed by atoms with Gasteiger partial charge in [0, 0.05) is 5.56 Å². The first-order chi connectivity index (χ1) is 8.74. The quantitative estimate of drug-likeness (QED) is 0.718. The standard InChI is InChI=1S/C14H17BrO3/c1-2-17-13-8-11(9-16)7-12(15)14(13)18-6-5-10-3-4-10/h7-10H,2-6H2,1H3. The Hall–Kier alpha value is -1.03. The number of benzene rings is 1. The molecule has 0 unspecified atom stereocenters. The maximum atomic E-state index is 10.8. The minimum atomic E-state index is 0.549. The Bertz CT molecular complexity index is 427. The first kappa shape index (κ1) is 13.4. The van der Waals surface area contributed by atoms with Gasteiger partial charge < -0.3 is 9.47 Å². The van der Waals surface area contributed by atoms with Gasteiger partial charge in [-0.3, -0.25) is 4.79 Å². The number of carbonyl (C=O) groups is 1. The van der Waals surface area contributed by atoms with Crippen LogP contribution in [0.5, 0.6) is 11.5 Å². The molecule has 0 heterocycles. The Kier molecular flexibility index (Phi) is 4.64. The molecule has 0 N–H and O–H groups in total. The van der Waals surface area contributed by atoms with Crippen LogP contribution in [0.25, 0.3) is 0 Å². The molecule has 0 saturated heterocycles. The molecule has 3 nitrogen and oxygen atoms in total. The average molecular weight is 313 g/mol. The summed E-state index contributed by atoms with van der Waals surface area (Å²) in [7, 11) is 0. The molecule has 2 rings (SSSR count). The second kappa shape index (κ2) is 6.23. The third-order valence-corrected chi connectivity index (χ3v) is 3.53. The second-order valence-electron chi connectivity index (χ2n) is 4.46. The van der Waals surface area contributed by atoms with Crippen LogP contribution in [0.3, 0.4) is 0 Å². The third-order valence-electron chi connectivity index (χ3n) is 2.94. The van der Waals surface area contributed by atoms with Gasteiger partial charge in [0.25, 0.3) is 0 Å². The summed E-state index contributed by atoms with van der Waals surface area (Å²) < 4.78 is 12.1. The minimum Gasteiger partial charge on any atom is -0.490 e. The van der Waals surface area contributed by atoms with E-state index in [1.807, 2.05) is 6.92 Å². The van der Waals surface area contributed by atoms with Gasteiger partial charge in [0.15, 0.2) is 11.5 Å². The normalized spacial score (nSPS) is 14.3. The van der Waals surface area contributed by atoms with E-state index in [-0.39, 0.29) is 0 Å². The van der Waals surface area contributed by atoms with E-state index in [4.69, 9.17) is 9.47 Å². The predicted molar refractivity (Wildman–Crippen MR) is 73.5 cm³/mol. The van der Waals surface area contributed by atoms with Crippen molar-refractivity contribution in [3.63, 3.8) is 0 Å². The largest absolute Gasteiger partial charge is 0.490 e. The van der Waals surface area contributed by atoms with Gasteiger partial charge in [-0.2, -0.15) is 0 Å². The summed E-state index contributed by atoms with van der Waals surface area (Å²) in [6.45, 7) is 3.16. The van der Waals surface area contributed by atoms with E-state index < -0.39 is 0 Å². The molecule has 0 bridgehead atoms. The van der Waals surface area contributed by atoms with Gasteiger partial charge in [-0.05, 0) is 47.3 Å². The zero-order chi connectivity index (χ0) is 13.0. The van der Waals surface area contributed by atoms with Gasteiger partial charge in [0.1, 0.15) is 6.29 Å². The van der Waals surface area contributed by atoms with Crippen LogP contribution in [0, 0.1) is 5.92 Å². The maximum Gasteiger partial charge on any atom is 0.175 e. The molecule has 0 spiro atoms. The fourth-order valence-corrected chi connectivity index (χ4v) is 2.37. The van der Waals surface area contributed by atoms with Crippen molar-refractivity contribution in [2.45, 2.75) is 26.2 Å². The predicted octanol–water partition coefficient (Wildman–Crippen LogP) is 3.84. The number of rotatable bonds is 7. The Labute approximate surface area is 116 Å². The van der Waals surface area contributed by atoms with Crippen LogP contribution in [0.4, 0.5) is 0 Å². The summed E-state index contributed by atoms with van der Waals surface area (Å²) in [5.41, 5.74) is 0.583. The number of ether oxygens (including phenoxy) is 2. The lowest BCUT2D eigenvalue weighted by molar-refractivity contribution is 0.112. The number of aldehydes is 1. The summed E-state index contributed by atoms with van der Waals surface area (Å²) in [6, 6.07) is 3.47. The van der Waals surface area contributed by atoms with Crippen LogP contribution >= 0.6 is 15.9 Å². The van der Waals surface area contributed by atoms with Gasteiger partial charge in [-0.1, -0.05) is 12.8 Å². The number of halogens is 1. The summed E-state index contributed by atoms with van der Waals surface area (Å²) >= 11 is 3.43. The SMILES string of the molecule is CCOc1cc(C=O)cc(Br)c1OCCC1CC1. The topological polar surface area (TPSA) is 35.5 Å². The lowest BCUT2D eigenvalue weighted by atomic mass is 10.2. The molecule has 1 aliphatic rings. The Morgan fingerprint density at radius 2 is 2.17 bits per heavy atom. The van der Waals surface area contributed by atoms with E-state index in [1.165, 1.54) is 12.8 Å². The molecule has 1 fully saturated rings. The van der Waals surface area contributed by atoms with Crippen molar-refractivity contribution in [3.8, 4) is 11.5 Å². The Balaban J connectivity index is 2.10. The molecule has 1 aliphatic carbocycles. The Morgan fingerprint density at radius 1 is 1.39 bits per heavy atom.